The number of rotatable bonds is 8. The predicted molar refractivity (Wildman–Crippen MR) is 74.1 cm³/mol. The van der Waals surface area contributed by atoms with Crippen molar-refractivity contribution in [2.45, 2.75) is 30.3 Å². The average Bonchev–Trinajstić information content (AvgIpc) is 2.41. The normalized spacial score (nSPS) is 15.5. The lowest BCUT2D eigenvalue weighted by molar-refractivity contribution is -0.247. The van der Waals surface area contributed by atoms with Gasteiger partial charge in [-0.1, -0.05) is 18.2 Å². The van der Waals surface area contributed by atoms with E-state index in [0.29, 0.717) is 12.2 Å². The maximum absolute atomic E-state index is 13.5. The lowest BCUT2D eigenvalue weighted by Crippen LogP contribution is -2.60. The van der Waals surface area contributed by atoms with Crippen LogP contribution in [-0.4, -0.2) is 37.8 Å². The van der Waals surface area contributed by atoms with E-state index in [1.165, 1.54) is 6.92 Å². The van der Waals surface area contributed by atoms with Crippen LogP contribution in [0.25, 0.3) is 0 Å². The van der Waals surface area contributed by atoms with Crippen molar-refractivity contribution in [2.24, 2.45) is 0 Å². The number of allylic oxidation sites excluding steroid dienone is 4. The molecule has 146 valence electrons. The van der Waals surface area contributed by atoms with Crippen molar-refractivity contribution in [3.05, 3.63) is 36.1 Å². The number of halogens is 6. The molecule has 14 heteroatoms. The maximum atomic E-state index is 13.5. The van der Waals surface area contributed by atoms with Gasteiger partial charge in [0.2, 0.25) is 0 Å². The largest absolute Gasteiger partial charge is 0.450 e. The van der Waals surface area contributed by atoms with Gasteiger partial charge in [-0.15, -0.1) is 0 Å². The quantitative estimate of drug-likeness (QED) is 0.214. The first-order valence-corrected chi connectivity index (χ1v) is 8.74. The smallest absolute Gasteiger partial charge is 0.378 e. The van der Waals surface area contributed by atoms with E-state index in [1.807, 2.05) is 0 Å². The molecule has 0 fully saturated rings. The Morgan fingerprint density at radius 1 is 1.00 bits per heavy atom. The molecule has 1 N–H and O–H groups in total. The summed E-state index contributed by atoms with van der Waals surface area (Å²) in [6.07, 6.45) is 2.44. The molecular weight excluding hydrogens is 406 g/mol. The lowest BCUT2D eigenvalue weighted by atomic mass is 10.3. The minimum absolute atomic E-state index is 0.260. The van der Waals surface area contributed by atoms with Crippen LogP contribution in [0.4, 0.5) is 26.3 Å². The van der Waals surface area contributed by atoms with Gasteiger partial charge in [-0.3, -0.25) is 4.55 Å². The molecule has 0 aliphatic heterocycles. The molecule has 0 aliphatic rings. The first-order valence-electron chi connectivity index (χ1n) is 5.89. The van der Waals surface area contributed by atoms with E-state index in [-0.39, 0.29) is 5.57 Å². The van der Waals surface area contributed by atoms with Crippen LogP contribution in [-0.2, 0) is 24.4 Å². The minimum atomic E-state index is -7.08. The third-order valence-electron chi connectivity index (χ3n) is 2.39. The summed E-state index contributed by atoms with van der Waals surface area (Å²) < 4.78 is 134. The van der Waals surface area contributed by atoms with Crippen molar-refractivity contribution >= 4 is 20.2 Å². The van der Waals surface area contributed by atoms with Crippen LogP contribution in [0.15, 0.2) is 36.1 Å². The number of alkyl halides is 6. The number of hydrogen-bond acceptors (Lipinski definition) is 5. The molecule has 0 heterocycles. The Morgan fingerprint density at radius 2 is 1.44 bits per heavy atom. The fourth-order valence-electron chi connectivity index (χ4n) is 1.06. The highest BCUT2D eigenvalue weighted by atomic mass is 32.2. The van der Waals surface area contributed by atoms with E-state index in [4.69, 9.17) is 4.55 Å². The zero-order chi connectivity index (χ0) is 20.5. The topological polar surface area (TPSA) is 97.7 Å². The van der Waals surface area contributed by atoms with Gasteiger partial charge in [-0.05, 0) is 26.0 Å². The zero-order valence-electron chi connectivity index (χ0n) is 12.5. The van der Waals surface area contributed by atoms with E-state index < -0.39 is 42.4 Å². The Morgan fingerprint density at radius 3 is 1.76 bits per heavy atom. The molecule has 0 amide bonds. The van der Waals surface area contributed by atoms with Gasteiger partial charge in [-0.25, -0.2) is 0 Å². The molecule has 0 saturated carbocycles. The Labute approximate surface area is 139 Å². The highest BCUT2D eigenvalue weighted by Crippen LogP contribution is 2.51. The van der Waals surface area contributed by atoms with Gasteiger partial charge < -0.3 is 4.18 Å². The van der Waals surface area contributed by atoms with Crippen LogP contribution in [0.1, 0.15) is 13.8 Å². The van der Waals surface area contributed by atoms with Crippen molar-refractivity contribution in [2.75, 3.05) is 0 Å². The third-order valence-corrected chi connectivity index (χ3v) is 4.59. The van der Waals surface area contributed by atoms with Gasteiger partial charge in [-0.2, -0.15) is 43.2 Å². The van der Waals surface area contributed by atoms with Crippen LogP contribution in [0.5, 0.6) is 0 Å². The molecule has 0 atom stereocenters. The van der Waals surface area contributed by atoms with Crippen LogP contribution in [0.3, 0.4) is 0 Å². The van der Waals surface area contributed by atoms with Crippen molar-refractivity contribution < 1.29 is 51.9 Å². The van der Waals surface area contributed by atoms with Crippen LogP contribution >= 0.6 is 0 Å². The first-order chi connectivity index (χ1) is 10.8. The van der Waals surface area contributed by atoms with Crippen LogP contribution in [0, 0.1) is 0 Å². The van der Waals surface area contributed by atoms with Gasteiger partial charge in [0.15, 0.2) is 0 Å². The Balaban J connectivity index is 6.11. The Hall–Kier alpha value is -1.54. The van der Waals surface area contributed by atoms with Crippen molar-refractivity contribution in [1.82, 2.24) is 0 Å². The summed E-state index contributed by atoms with van der Waals surface area (Å²) in [6, 6.07) is 0. The Kier molecular flexibility index (Phi) is 6.56. The summed E-state index contributed by atoms with van der Waals surface area (Å²) >= 11 is 0. The van der Waals surface area contributed by atoms with Crippen molar-refractivity contribution in [3.8, 4) is 0 Å². The summed E-state index contributed by atoms with van der Waals surface area (Å²) in [6.45, 7) is 5.75. The van der Waals surface area contributed by atoms with Gasteiger partial charge >= 0.3 is 36.7 Å². The van der Waals surface area contributed by atoms with Gasteiger partial charge in [0.1, 0.15) is 5.76 Å². The third kappa shape index (κ3) is 4.36. The fraction of sp³-hybridized carbons (Fsp3) is 0.455. The molecule has 0 aliphatic carbocycles. The second-order valence-electron chi connectivity index (χ2n) is 4.49. The molecule has 0 saturated heterocycles. The molecule has 0 radical (unpaired) electrons. The van der Waals surface area contributed by atoms with Gasteiger partial charge in [0.25, 0.3) is 0 Å². The van der Waals surface area contributed by atoms with Crippen LogP contribution < -0.4 is 0 Å². The second-order valence-corrected chi connectivity index (χ2v) is 7.54. The molecular formula is C11H12F6O6S2. The Bertz CT molecular complexity index is 795. The number of hydrogen-bond donors (Lipinski definition) is 1. The predicted octanol–water partition coefficient (Wildman–Crippen LogP) is 3.08. The summed E-state index contributed by atoms with van der Waals surface area (Å²) in [4.78, 5) is 0. The zero-order valence-corrected chi connectivity index (χ0v) is 14.1. The van der Waals surface area contributed by atoms with E-state index in [2.05, 4.69) is 10.8 Å². The summed E-state index contributed by atoms with van der Waals surface area (Å²) in [5.41, 5.74) is 0.260. The fourth-order valence-corrected chi connectivity index (χ4v) is 2.53. The highest BCUT2D eigenvalue weighted by molar-refractivity contribution is 7.88. The van der Waals surface area contributed by atoms with E-state index >= 15 is 0 Å². The van der Waals surface area contributed by atoms with Crippen LogP contribution in [0.2, 0.25) is 0 Å². The lowest BCUT2D eigenvalue weighted by Gasteiger charge is -2.29. The average molecular weight is 418 g/mol. The van der Waals surface area contributed by atoms with E-state index in [9.17, 15) is 43.2 Å². The molecule has 6 nitrogen and oxygen atoms in total. The summed E-state index contributed by atoms with van der Waals surface area (Å²) in [7, 11) is -13.9. The van der Waals surface area contributed by atoms with Gasteiger partial charge in [0.05, 0.1) is 0 Å². The molecule has 0 aromatic rings. The minimum Gasteiger partial charge on any atom is -0.378 e. The monoisotopic (exact) mass is 418 g/mol. The molecule has 0 unspecified atom stereocenters. The molecule has 0 aromatic heterocycles. The second kappa shape index (κ2) is 6.99. The molecule has 0 rings (SSSR count). The molecule has 0 aromatic carbocycles. The first kappa shape index (κ1) is 23.5. The standard InChI is InChI=1S/C11H12F6O6S2/c1-4-8(6-5-7(2)3)23-25(21,22)11(16,17)9(12,13)10(14,15)24(18,19)20/h4-6H,2H2,1,3H3,(H,18,19,20)/b6-5-,8-4+. The van der Waals surface area contributed by atoms with E-state index in [0.717, 1.165) is 13.0 Å². The maximum Gasteiger partial charge on any atom is 0.450 e. The summed E-state index contributed by atoms with van der Waals surface area (Å²) in [5.74, 6) is -8.02. The van der Waals surface area contributed by atoms with Gasteiger partial charge in [0, 0.05) is 0 Å². The highest BCUT2D eigenvalue weighted by Gasteiger charge is 2.83. The van der Waals surface area contributed by atoms with Crippen molar-refractivity contribution in [3.63, 3.8) is 0 Å². The SMILES string of the molecule is C=C(C)/C=C\C(=C/C)OS(=O)(=O)C(F)(F)C(F)(F)C(F)(F)S(=O)(=O)O. The van der Waals surface area contributed by atoms with Crippen molar-refractivity contribution in [1.29, 1.82) is 0 Å². The molecule has 0 spiro atoms. The summed E-state index contributed by atoms with van der Waals surface area (Å²) in [5, 5.41) is -13.5. The molecule has 0 bridgehead atoms. The molecule has 25 heavy (non-hydrogen) atoms. The van der Waals surface area contributed by atoms with E-state index in [1.54, 1.807) is 0 Å².